The Morgan fingerprint density at radius 1 is 0.622 bits per heavy atom. The molecule has 1 aliphatic heterocycles. The molecule has 0 unspecified atom stereocenters. The van der Waals surface area contributed by atoms with Crippen molar-refractivity contribution in [3.8, 4) is 22.8 Å². The second-order valence-corrected chi connectivity index (χ2v) is 9.77. The summed E-state index contributed by atoms with van der Waals surface area (Å²) in [6, 6.07) is 36.7. The molecule has 0 aliphatic carbocycles. The van der Waals surface area contributed by atoms with Gasteiger partial charge in [-0.1, -0.05) is 91.0 Å². The fraction of sp³-hybridized carbons (Fsp3) is 0.0938. The maximum atomic E-state index is 6.53. The number of aromatic nitrogens is 3. The van der Waals surface area contributed by atoms with E-state index in [0.29, 0.717) is 17.6 Å². The zero-order valence-corrected chi connectivity index (χ0v) is 20.6. The number of para-hydroxylation sites is 2. The van der Waals surface area contributed by atoms with E-state index in [1.165, 1.54) is 0 Å². The highest BCUT2D eigenvalue weighted by molar-refractivity contribution is 6.00. The number of anilines is 3. The summed E-state index contributed by atoms with van der Waals surface area (Å²) in [4.78, 5) is 17.1. The fourth-order valence-corrected chi connectivity index (χ4v) is 5.22. The SMILES string of the molecule is CC1(C)c2ccccc2N(c2nc(-c3ccccc3)nc(-c3ccccc3)n2)c2c1oc1ccccc21. The van der Waals surface area contributed by atoms with E-state index in [4.69, 9.17) is 19.4 Å². The highest BCUT2D eigenvalue weighted by Gasteiger charge is 2.42. The van der Waals surface area contributed by atoms with Gasteiger partial charge in [0, 0.05) is 16.5 Å². The van der Waals surface area contributed by atoms with Crippen molar-refractivity contribution in [3.63, 3.8) is 0 Å². The third-order valence-electron chi connectivity index (χ3n) is 7.07. The van der Waals surface area contributed by atoms with E-state index in [2.05, 4.69) is 49.1 Å². The van der Waals surface area contributed by atoms with Crippen LogP contribution in [-0.2, 0) is 5.41 Å². The van der Waals surface area contributed by atoms with Crippen LogP contribution < -0.4 is 4.90 Å². The molecule has 5 heteroatoms. The van der Waals surface area contributed by atoms with Crippen molar-refractivity contribution in [2.75, 3.05) is 4.90 Å². The Morgan fingerprint density at radius 3 is 1.86 bits per heavy atom. The third kappa shape index (κ3) is 3.35. The molecule has 0 saturated carbocycles. The quantitative estimate of drug-likeness (QED) is 0.256. The molecule has 0 radical (unpaired) electrons. The number of furan rings is 1. The number of rotatable bonds is 3. The smallest absolute Gasteiger partial charge is 0.238 e. The molecule has 2 aromatic heterocycles. The number of nitrogens with zero attached hydrogens (tertiary/aromatic N) is 4. The molecule has 1 aliphatic rings. The Kier molecular flexibility index (Phi) is 4.73. The van der Waals surface area contributed by atoms with Gasteiger partial charge in [0.05, 0.1) is 16.8 Å². The maximum absolute atomic E-state index is 6.53. The Hall–Kier alpha value is -4.77. The molecule has 0 spiro atoms. The zero-order valence-electron chi connectivity index (χ0n) is 20.6. The predicted molar refractivity (Wildman–Crippen MR) is 147 cm³/mol. The van der Waals surface area contributed by atoms with Crippen LogP contribution in [0.15, 0.2) is 114 Å². The van der Waals surface area contributed by atoms with E-state index in [1.54, 1.807) is 0 Å². The number of fused-ring (bicyclic) bond motifs is 4. The van der Waals surface area contributed by atoms with Crippen LogP contribution in [0.1, 0.15) is 25.2 Å². The van der Waals surface area contributed by atoms with E-state index in [0.717, 1.165) is 44.8 Å². The molecule has 37 heavy (non-hydrogen) atoms. The number of benzene rings is 4. The van der Waals surface area contributed by atoms with Gasteiger partial charge in [-0.15, -0.1) is 0 Å². The minimum Gasteiger partial charge on any atom is -0.458 e. The van der Waals surface area contributed by atoms with Crippen molar-refractivity contribution in [1.29, 1.82) is 0 Å². The summed E-state index contributed by atoms with van der Waals surface area (Å²) in [5.74, 6) is 2.71. The molecule has 0 fully saturated rings. The van der Waals surface area contributed by atoms with Crippen LogP contribution in [0.3, 0.4) is 0 Å². The van der Waals surface area contributed by atoms with Crippen molar-refractivity contribution < 1.29 is 4.42 Å². The minimum atomic E-state index is -0.334. The summed E-state index contributed by atoms with van der Waals surface area (Å²) in [5.41, 5.74) is 5.55. The molecule has 7 rings (SSSR count). The first-order valence-electron chi connectivity index (χ1n) is 12.4. The summed E-state index contributed by atoms with van der Waals surface area (Å²) in [5, 5.41) is 1.03. The first-order valence-corrected chi connectivity index (χ1v) is 12.4. The number of hydrogen-bond donors (Lipinski definition) is 0. The van der Waals surface area contributed by atoms with Crippen LogP contribution in [0.25, 0.3) is 33.7 Å². The molecule has 0 atom stereocenters. The van der Waals surface area contributed by atoms with Crippen LogP contribution in [0.4, 0.5) is 17.3 Å². The van der Waals surface area contributed by atoms with Crippen LogP contribution in [0, 0.1) is 0 Å². The molecule has 0 saturated heterocycles. The standard InChI is InChI=1S/C32H24N4O/c1-32(2)24-18-10-11-19-25(24)36(27-23-17-9-12-20-26(23)37-28(27)32)31-34-29(21-13-5-3-6-14-21)33-30(35-31)22-15-7-4-8-16-22/h3-20H,1-2H3. The van der Waals surface area contributed by atoms with Gasteiger partial charge in [-0.2, -0.15) is 9.97 Å². The van der Waals surface area contributed by atoms with Gasteiger partial charge < -0.3 is 4.42 Å². The maximum Gasteiger partial charge on any atom is 0.238 e. The van der Waals surface area contributed by atoms with Crippen LogP contribution >= 0.6 is 0 Å². The second kappa shape index (κ2) is 8.14. The second-order valence-electron chi connectivity index (χ2n) is 9.77. The van der Waals surface area contributed by atoms with Crippen molar-refractivity contribution in [2.24, 2.45) is 0 Å². The van der Waals surface area contributed by atoms with Crippen LogP contribution in [0.5, 0.6) is 0 Å². The summed E-state index contributed by atoms with van der Waals surface area (Å²) in [7, 11) is 0. The lowest BCUT2D eigenvalue weighted by molar-refractivity contribution is 0.450. The van der Waals surface area contributed by atoms with Gasteiger partial charge in [0.2, 0.25) is 5.95 Å². The van der Waals surface area contributed by atoms with E-state index in [1.807, 2.05) is 78.9 Å². The van der Waals surface area contributed by atoms with Gasteiger partial charge in [0.25, 0.3) is 0 Å². The third-order valence-corrected chi connectivity index (χ3v) is 7.07. The van der Waals surface area contributed by atoms with Crippen molar-refractivity contribution >= 4 is 28.3 Å². The Morgan fingerprint density at radius 2 is 1.19 bits per heavy atom. The molecule has 0 amide bonds. The summed E-state index contributed by atoms with van der Waals surface area (Å²) in [6.45, 7) is 4.42. The first-order chi connectivity index (χ1) is 18.1. The molecule has 6 aromatic rings. The summed E-state index contributed by atoms with van der Waals surface area (Å²) in [6.07, 6.45) is 0. The monoisotopic (exact) mass is 480 g/mol. The minimum absolute atomic E-state index is 0.334. The van der Waals surface area contributed by atoms with E-state index < -0.39 is 0 Å². The Labute approximate surface area is 215 Å². The molecule has 3 heterocycles. The molecular weight excluding hydrogens is 456 g/mol. The van der Waals surface area contributed by atoms with Crippen LogP contribution in [0.2, 0.25) is 0 Å². The molecule has 0 bridgehead atoms. The van der Waals surface area contributed by atoms with Crippen molar-refractivity contribution in [3.05, 3.63) is 121 Å². The topological polar surface area (TPSA) is 55.1 Å². The van der Waals surface area contributed by atoms with Gasteiger partial charge in [0.1, 0.15) is 11.3 Å². The highest BCUT2D eigenvalue weighted by atomic mass is 16.3. The Balaban J connectivity index is 1.56. The normalized spacial score (nSPS) is 13.8. The van der Waals surface area contributed by atoms with Gasteiger partial charge in [-0.25, -0.2) is 4.98 Å². The average Bonchev–Trinajstić information content (AvgIpc) is 3.35. The zero-order chi connectivity index (χ0) is 25.0. The molecule has 5 nitrogen and oxygen atoms in total. The van der Waals surface area contributed by atoms with E-state index in [9.17, 15) is 0 Å². The average molecular weight is 481 g/mol. The lowest BCUT2D eigenvalue weighted by atomic mass is 9.77. The Bertz CT molecular complexity index is 1700. The van der Waals surface area contributed by atoms with Gasteiger partial charge in [0.15, 0.2) is 11.6 Å². The lowest BCUT2D eigenvalue weighted by Gasteiger charge is -2.37. The molecule has 4 aromatic carbocycles. The van der Waals surface area contributed by atoms with Crippen molar-refractivity contribution in [2.45, 2.75) is 19.3 Å². The summed E-state index contributed by atoms with van der Waals surface area (Å²) >= 11 is 0. The van der Waals surface area contributed by atoms with Crippen LogP contribution in [-0.4, -0.2) is 15.0 Å². The van der Waals surface area contributed by atoms with Gasteiger partial charge >= 0.3 is 0 Å². The highest BCUT2D eigenvalue weighted by Crippen LogP contribution is 2.54. The van der Waals surface area contributed by atoms with E-state index in [-0.39, 0.29) is 5.41 Å². The molecule has 0 N–H and O–H groups in total. The van der Waals surface area contributed by atoms with Gasteiger partial charge in [-0.3, -0.25) is 4.90 Å². The number of hydrogen-bond acceptors (Lipinski definition) is 5. The summed E-state index contributed by atoms with van der Waals surface area (Å²) < 4.78 is 6.53. The van der Waals surface area contributed by atoms with Crippen molar-refractivity contribution in [1.82, 2.24) is 15.0 Å². The molecular formula is C32H24N4O. The first kappa shape index (κ1) is 21.5. The van der Waals surface area contributed by atoms with E-state index >= 15 is 0 Å². The van der Waals surface area contributed by atoms with Gasteiger partial charge in [-0.05, 0) is 37.6 Å². The predicted octanol–water partition coefficient (Wildman–Crippen LogP) is 8.06. The largest absolute Gasteiger partial charge is 0.458 e. The molecule has 178 valence electrons. The lowest BCUT2D eigenvalue weighted by Crippen LogP contribution is -2.30. The fourth-order valence-electron chi connectivity index (χ4n) is 5.22.